The summed E-state index contributed by atoms with van der Waals surface area (Å²) in [5.74, 6) is 0.496. The molecule has 2 aromatic carbocycles. The highest BCUT2D eigenvalue weighted by Crippen LogP contribution is 2.28. The second kappa shape index (κ2) is 9.37. The molecule has 0 unspecified atom stereocenters. The fourth-order valence-electron chi connectivity index (χ4n) is 3.19. The van der Waals surface area contributed by atoms with Gasteiger partial charge in [-0.3, -0.25) is 10.1 Å². The highest BCUT2D eigenvalue weighted by atomic mass is 32.1. The summed E-state index contributed by atoms with van der Waals surface area (Å²) < 4.78 is 5.40. The smallest absolute Gasteiger partial charge is 0.257 e. The van der Waals surface area contributed by atoms with E-state index in [-0.39, 0.29) is 5.91 Å². The molecule has 2 aromatic rings. The van der Waals surface area contributed by atoms with Gasteiger partial charge in [0.1, 0.15) is 5.75 Å². The van der Waals surface area contributed by atoms with Gasteiger partial charge >= 0.3 is 0 Å². The molecular weight excluding hydrogens is 358 g/mol. The van der Waals surface area contributed by atoms with Crippen LogP contribution in [0.4, 0.5) is 11.4 Å². The number of rotatable bonds is 5. The zero-order valence-corrected chi connectivity index (χ0v) is 16.3. The van der Waals surface area contributed by atoms with E-state index in [2.05, 4.69) is 21.6 Å². The molecule has 6 heteroatoms. The lowest BCUT2D eigenvalue weighted by molar-refractivity contribution is 0.0977. The Kier molecular flexibility index (Phi) is 6.65. The predicted octanol–water partition coefficient (Wildman–Crippen LogP) is 4.20. The maximum atomic E-state index is 12.4. The van der Waals surface area contributed by atoms with Gasteiger partial charge in [0, 0.05) is 18.7 Å². The van der Waals surface area contributed by atoms with Crippen molar-refractivity contribution in [3.8, 4) is 5.75 Å². The van der Waals surface area contributed by atoms with Gasteiger partial charge in [0.2, 0.25) is 0 Å². The Morgan fingerprint density at radius 2 is 1.78 bits per heavy atom. The minimum Gasteiger partial charge on any atom is -0.494 e. The summed E-state index contributed by atoms with van der Waals surface area (Å²) in [4.78, 5) is 14.8. The average Bonchev–Trinajstić information content (AvgIpc) is 2.70. The highest BCUT2D eigenvalue weighted by Gasteiger charge is 2.15. The van der Waals surface area contributed by atoms with Gasteiger partial charge in [-0.2, -0.15) is 0 Å². The predicted molar refractivity (Wildman–Crippen MR) is 114 cm³/mol. The normalized spacial score (nSPS) is 13.7. The Morgan fingerprint density at radius 1 is 1.07 bits per heavy atom. The summed E-state index contributed by atoms with van der Waals surface area (Å²) in [6.45, 7) is 4.61. The minimum atomic E-state index is -0.244. The first-order valence-electron chi connectivity index (χ1n) is 9.36. The SMILES string of the molecule is CCOc1ccc(C(=O)NC(=S)Nc2ccccc2N2CCCCC2)cc1. The van der Waals surface area contributed by atoms with Crippen LogP contribution in [0.3, 0.4) is 0 Å². The fraction of sp³-hybridized carbons (Fsp3) is 0.333. The summed E-state index contributed by atoms with van der Waals surface area (Å²) in [5, 5.41) is 6.21. The number of para-hydroxylation sites is 2. The van der Waals surface area contributed by atoms with E-state index in [0.29, 0.717) is 17.3 Å². The van der Waals surface area contributed by atoms with Crippen LogP contribution < -0.4 is 20.3 Å². The number of thiocarbonyl (C=S) groups is 1. The van der Waals surface area contributed by atoms with Crippen LogP contribution in [0.5, 0.6) is 5.75 Å². The van der Waals surface area contributed by atoms with E-state index in [9.17, 15) is 4.79 Å². The number of hydrogen-bond donors (Lipinski definition) is 2. The number of nitrogens with one attached hydrogen (secondary N) is 2. The third-order valence-corrected chi connectivity index (χ3v) is 4.71. The molecule has 142 valence electrons. The second-order valence-corrected chi connectivity index (χ2v) is 6.84. The molecule has 0 saturated carbocycles. The summed E-state index contributed by atoms with van der Waals surface area (Å²) >= 11 is 5.35. The topological polar surface area (TPSA) is 53.6 Å². The van der Waals surface area contributed by atoms with Gasteiger partial charge in [0.15, 0.2) is 5.11 Å². The van der Waals surface area contributed by atoms with Crippen molar-refractivity contribution in [1.82, 2.24) is 5.32 Å². The highest BCUT2D eigenvalue weighted by molar-refractivity contribution is 7.80. The largest absolute Gasteiger partial charge is 0.494 e. The molecule has 0 aliphatic carbocycles. The van der Waals surface area contributed by atoms with Gasteiger partial charge in [-0.05, 0) is 74.8 Å². The van der Waals surface area contributed by atoms with Crippen LogP contribution in [0.15, 0.2) is 48.5 Å². The molecule has 27 heavy (non-hydrogen) atoms. The Morgan fingerprint density at radius 3 is 2.48 bits per heavy atom. The Bertz CT molecular complexity index is 786. The first-order valence-corrected chi connectivity index (χ1v) is 9.77. The molecule has 2 N–H and O–H groups in total. The van der Waals surface area contributed by atoms with Crippen LogP contribution >= 0.6 is 12.2 Å². The molecule has 0 spiro atoms. The molecule has 0 atom stereocenters. The molecule has 0 aromatic heterocycles. The van der Waals surface area contributed by atoms with Crippen molar-refractivity contribution in [2.24, 2.45) is 0 Å². The Labute approximate surface area is 165 Å². The summed E-state index contributed by atoms with van der Waals surface area (Å²) in [7, 11) is 0. The lowest BCUT2D eigenvalue weighted by atomic mass is 10.1. The second-order valence-electron chi connectivity index (χ2n) is 6.43. The first-order chi connectivity index (χ1) is 13.2. The van der Waals surface area contributed by atoms with E-state index in [1.807, 2.05) is 25.1 Å². The zero-order valence-electron chi connectivity index (χ0n) is 15.5. The number of ether oxygens (including phenoxy) is 1. The molecule has 1 saturated heterocycles. The van der Waals surface area contributed by atoms with Crippen molar-refractivity contribution in [3.63, 3.8) is 0 Å². The van der Waals surface area contributed by atoms with Crippen molar-refractivity contribution in [2.75, 3.05) is 29.9 Å². The summed E-state index contributed by atoms with van der Waals surface area (Å²) in [5.41, 5.74) is 2.57. The first kappa shape index (κ1) is 19.2. The van der Waals surface area contributed by atoms with E-state index in [4.69, 9.17) is 17.0 Å². The molecule has 1 heterocycles. The molecule has 1 amide bonds. The Hall–Kier alpha value is -2.60. The van der Waals surface area contributed by atoms with Gasteiger partial charge < -0.3 is 15.0 Å². The summed E-state index contributed by atoms with van der Waals surface area (Å²) in [6, 6.07) is 15.1. The molecule has 0 radical (unpaired) electrons. The third kappa shape index (κ3) is 5.20. The van der Waals surface area contributed by atoms with Crippen LogP contribution in [-0.2, 0) is 0 Å². The third-order valence-electron chi connectivity index (χ3n) is 4.50. The molecular formula is C21H25N3O2S. The molecule has 1 fully saturated rings. The number of hydrogen-bond acceptors (Lipinski definition) is 4. The number of carbonyl (C=O) groups excluding carboxylic acids is 1. The van der Waals surface area contributed by atoms with Gasteiger partial charge in [-0.1, -0.05) is 12.1 Å². The lowest BCUT2D eigenvalue weighted by Gasteiger charge is -2.30. The number of carbonyl (C=O) groups is 1. The van der Waals surface area contributed by atoms with Gasteiger partial charge in [0.05, 0.1) is 18.0 Å². The van der Waals surface area contributed by atoms with Crippen LogP contribution in [0.2, 0.25) is 0 Å². The van der Waals surface area contributed by atoms with Crippen LogP contribution in [0, 0.1) is 0 Å². The number of anilines is 2. The van der Waals surface area contributed by atoms with Gasteiger partial charge in [-0.15, -0.1) is 0 Å². The Balaban J connectivity index is 1.63. The average molecular weight is 384 g/mol. The molecule has 5 nitrogen and oxygen atoms in total. The molecule has 1 aliphatic rings. The van der Waals surface area contributed by atoms with Crippen molar-refractivity contribution in [2.45, 2.75) is 26.2 Å². The van der Waals surface area contributed by atoms with Crippen LogP contribution in [-0.4, -0.2) is 30.7 Å². The van der Waals surface area contributed by atoms with Crippen molar-refractivity contribution >= 4 is 34.6 Å². The molecule has 0 bridgehead atoms. The zero-order chi connectivity index (χ0) is 19.1. The van der Waals surface area contributed by atoms with Crippen LogP contribution in [0.25, 0.3) is 0 Å². The molecule has 3 rings (SSSR count). The minimum absolute atomic E-state index is 0.244. The van der Waals surface area contributed by atoms with Crippen molar-refractivity contribution in [1.29, 1.82) is 0 Å². The van der Waals surface area contributed by atoms with Crippen molar-refractivity contribution in [3.05, 3.63) is 54.1 Å². The summed E-state index contributed by atoms with van der Waals surface area (Å²) in [6.07, 6.45) is 3.68. The molecule has 1 aliphatic heterocycles. The van der Waals surface area contributed by atoms with E-state index < -0.39 is 0 Å². The van der Waals surface area contributed by atoms with E-state index in [0.717, 1.165) is 30.2 Å². The fourth-order valence-corrected chi connectivity index (χ4v) is 3.39. The number of benzene rings is 2. The standard InChI is InChI=1S/C21H25N3O2S/c1-2-26-17-12-10-16(11-13-17)20(25)23-21(27)22-18-8-4-5-9-19(18)24-14-6-3-7-15-24/h4-5,8-13H,2-3,6-7,14-15H2,1H3,(H2,22,23,25,27). The van der Waals surface area contributed by atoms with Crippen LogP contribution in [0.1, 0.15) is 36.5 Å². The van der Waals surface area contributed by atoms with Gasteiger partial charge in [-0.25, -0.2) is 0 Å². The van der Waals surface area contributed by atoms with E-state index in [1.165, 1.54) is 19.3 Å². The van der Waals surface area contributed by atoms with E-state index >= 15 is 0 Å². The maximum absolute atomic E-state index is 12.4. The van der Waals surface area contributed by atoms with Gasteiger partial charge in [0.25, 0.3) is 5.91 Å². The quantitative estimate of drug-likeness (QED) is 0.758. The maximum Gasteiger partial charge on any atom is 0.257 e. The number of nitrogens with zero attached hydrogens (tertiary/aromatic N) is 1. The number of piperidine rings is 1. The lowest BCUT2D eigenvalue weighted by Crippen LogP contribution is -2.35. The van der Waals surface area contributed by atoms with Crippen molar-refractivity contribution < 1.29 is 9.53 Å². The van der Waals surface area contributed by atoms with E-state index in [1.54, 1.807) is 24.3 Å². The number of amides is 1. The monoisotopic (exact) mass is 383 g/mol.